The van der Waals surface area contributed by atoms with E-state index in [4.69, 9.17) is 16.3 Å². The van der Waals surface area contributed by atoms with Crippen LogP contribution in [0, 0.1) is 0 Å². The summed E-state index contributed by atoms with van der Waals surface area (Å²) in [4.78, 5) is 31.3. The molecule has 0 saturated carbocycles. The molecule has 1 aliphatic rings. The Morgan fingerprint density at radius 1 is 1.40 bits per heavy atom. The van der Waals surface area contributed by atoms with Crippen LogP contribution >= 0.6 is 34.7 Å². The standard InChI is InChI=1S/C21H22ClN3O3S2/c22-14-5-6-17-18(11-14)24-21(25(20(17)27)12-15-3-1-9-28-15)30-13-19(26)23-8-7-16-4-2-10-29-16/h2,4-6,10-11,15H,1,3,7-9,12-13H2,(H,23,26)/t15-/m0/s1. The zero-order chi connectivity index (χ0) is 20.9. The van der Waals surface area contributed by atoms with Gasteiger partial charge in [-0.15, -0.1) is 11.3 Å². The number of aromatic nitrogens is 2. The highest BCUT2D eigenvalue weighted by Gasteiger charge is 2.20. The molecule has 30 heavy (non-hydrogen) atoms. The van der Waals surface area contributed by atoms with Crippen LogP contribution in [0.5, 0.6) is 0 Å². The molecular weight excluding hydrogens is 442 g/mol. The molecule has 0 unspecified atom stereocenters. The maximum atomic E-state index is 13.1. The number of benzene rings is 1. The third-order valence-electron chi connectivity index (χ3n) is 4.90. The monoisotopic (exact) mass is 463 g/mol. The molecule has 1 N–H and O–H groups in total. The lowest BCUT2D eigenvalue weighted by atomic mass is 10.2. The molecule has 9 heteroatoms. The van der Waals surface area contributed by atoms with Crippen molar-refractivity contribution in [3.8, 4) is 0 Å². The Hall–Kier alpha value is -1.87. The largest absolute Gasteiger partial charge is 0.376 e. The van der Waals surface area contributed by atoms with Crippen molar-refractivity contribution < 1.29 is 9.53 Å². The van der Waals surface area contributed by atoms with Crippen molar-refractivity contribution in [2.24, 2.45) is 0 Å². The van der Waals surface area contributed by atoms with Crippen molar-refractivity contribution >= 4 is 51.5 Å². The molecule has 1 aromatic carbocycles. The van der Waals surface area contributed by atoms with E-state index in [0.717, 1.165) is 19.3 Å². The Kier molecular flexibility index (Phi) is 7.09. The van der Waals surface area contributed by atoms with E-state index in [1.54, 1.807) is 34.1 Å². The number of thioether (sulfide) groups is 1. The lowest BCUT2D eigenvalue weighted by Gasteiger charge is -2.16. The SMILES string of the molecule is O=C(CSc1nc2cc(Cl)ccc2c(=O)n1C[C@@H]1CCCO1)NCCc1cccs1. The van der Waals surface area contributed by atoms with E-state index in [0.29, 0.717) is 40.8 Å². The Morgan fingerprint density at radius 2 is 2.30 bits per heavy atom. The van der Waals surface area contributed by atoms with Gasteiger partial charge in [0.05, 0.1) is 29.3 Å². The number of halogens is 1. The highest BCUT2D eigenvalue weighted by molar-refractivity contribution is 7.99. The number of carbonyl (C=O) groups is 1. The average Bonchev–Trinajstić information content (AvgIpc) is 3.43. The van der Waals surface area contributed by atoms with Crippen LogP contribution in [-0.4, -0.2) is 40.5 Å². The van der Waals surface area contributed by atoms with Gasteiger partial charge in [0.1, 0.15) is 0 Å². The number of nitrogens with zero attached hydrogens (tertiary/aromatic N) is 2. The number of rotatable bonds is 8. The Bertz CT molecular complexity index is 1080. The molecule has 2 aromatic heterocycles. The number of fused-ring (bicyclic) bond motifs is 1. The summed E-state index contributed by atoms with van der Waals surface area (Å²) in [6.45, 7) is 1.74. The maximum Gasteiger partial charge on any atom is 0.262 e. The highest BCUT2D eigenvalue weighted by atomic mass is 35.5. The first-order valence-corrected chi connectivity index (χ1v) is 12.1. The molecule has 0 bridgehead atoms. The van der Waals surface area contributed by atoms with Crippen LogP contribution in [0.1, 0.15) is 17.7 Å². The van der Waals surface area contributed by atoms with E-state index in [1.165, 1.54) is 16.6 Å². The fourth-order valence-corrected chi connectivity index (χ4v) is 5.11. The van der Waals surface area contributed by atoms with Gasteiger partial charge >= 0.3 is 0 Å². The molecule has 0 spiro atoms. The lowest BCUT2D eigenvalue weighted by Crippen LogP contribution is -2.30. The van der Waals surface area contributed by atoms with E-state index in [2.05, 4.69) is 16.4 Å². The molecule has 158 valence electrons. The van der Waals surface area contributed by atoms with Crippen molar-refractivity contribution in [1.82, 2.24) is 14.9 Å². The van der Waals surface area contributed by atoms with Crippen LogP contribution in [0.15, 0.2) is 45.7 Å². The van der Waals surface area contributed by atoms with Gasteiger partial charge in [0.15, 0.2) is 5.16 Å². The minimum atomic E-state index is -0.132. The zero-order valence-corrected chi connectivity index (χ0v) is 18.7. The molecule has 3 heterocycles. The second kappa shape index (κ2) is 9.96. The highest BCUT2D eigenvalue weighted by Crippen LogP contribution is 2.22. The van der Waals surface area contributed by atoms with E-state index >= 15 is 0 Å². The summed E-state index contributed by atoms with van der Waals surface area (Å²) in [6, 6.07) is 9.13. The zero-order valence-electron chi connectivity index (χ0n) is 16.3. The van der Waals surface area contributed by atoms with Crippen LogP contribution in [0.25, 0.3) is 10.9 Å². The third kappa shape index (κ3) is 5.24. The Labute approximate surface area is 187 Å². The average molecular weight is 464 g/mol. The van der Waals surface area contributed by atoms with Gasteiger partial charge < -0.3 is 10.1 Å². The normalized spacial score (nSPS) is 16.2. The van der Waals surface area contributed by atoms with Crippen molar-refractivity contribution in [2.75, 3.05) is 18.9 Å². The summed E-state index contributed by atoms with van der Waals surface area (Å²) in [5.41, 5.74) is 0.407. The van der Waals surface area contributed by atoms with Crippen molar-refractivity contribution in [3.05, 3.63) is 56.0 Å². The minimum absolute atomic E-state index is 0.00628. The second-order valence-corrected chi connectivity index (χ2v) is 9.49. The van der Waals surface area contributed by atoms with Gasteiger partial charge in [-0.2, -0.15) is 0 Å². The molecule has 1 fully saturated rings. The molecule has 1 amide bonds. The van der Waals surface area contributed by atoms with E-state index in [9.17, 15) is 9.59 Å². The van der Waals surface area contributed by atoms with Gasteiger partial charge in [-0.05, 0) is 48.9 Å². The quantitative estimate of drug-likeness (QED) is 0.407. The van der Waals surface area contributed by atoms with Crippen molar-refractivity contribution in [1.29, 1.82) is 0 Å². The number of ether oxygens (including phenoxy) is 1. The van der Waals surface area contributed by atoms with Crippen molar-refractivity contribution in [3.63, 3.8) is 0 Å². The van der Waals surface area contributed by atoms with Gasteiger partial charge in [-0.1, -0.05) is 29.4 Å². The van der Waals surface area contributed by atoms with Gasteiger partial charge in [-0.25, -0.2) is 4.98 Å². The summed E-state index contributed by atoms with van der Waals surface area (Å²) in [5, 5.41) is 6.51. The topological polar surface area (TPSA) is 73.2 Å². The number of hydrogen-bond donors (Lipinski definition) is 1. The predicted molar refractivity (Wildman–Crippen MR) is 122 cm³/mol. The molecule has 3 aromatic rings. The van der Waals surface area contributed by atoms with Gasteiger partial charge in [0, 0.05) is 23.1 Å². The lowest BCUT2D eigenvalue weighted by molar-refractivity contribution is -0.118. The summed E-state index contributed by atoms with van der Waals surface area (Å²) < 4.78 is 7.35. The molecule has 1 atom stereocenters. The predicted octanol–water partition coefficient (Wildman–Crippen LogP) is 3.74. The fraction of sp³-hybridized carbons (Fsp3) is 0.381. The molecule has 6 nitrogen and oxygen atoms in total. The number of thiophene rings is 1. The molecule has 4 rings (SSSR count). The van der Waals surface area contributed by atoms with Crippen LogP contribution in [-0.2, 0) is 22.5 Å². The van der Waals surface area contributed by atoms with E-state index < -0.39 is 0 Å². The smallest absolute Gasteiger partial charge is 0.262 e. The third-order valence-corrected chi connectivity index (χ3v) is 7.05. The second-order valence-electron chi connectivity index (χ2n) is 7.07. The summed E-state index contributed by atoms with van der Waals surface area (Å²) in [7, 11) is 0. The molecule has 0 radical (unpaired) electrons. The minimum Gasteiger partial charge on any atom is -0.376 e. The first-order chi connectivity index (χ1) is 14.6. The molecule has 1 aliphatic heterocycles. The molecule has 0 aliphatic carbocycles. The first kappa shape index (κ1) is 21.4. The summed E-state index contributed by atoms with van der Waals surface area (Å²) in [6.07, 6.45) is 2.71. The van der Waals surface area contributed by atoms with Crippen LogP contribution in [0.3, 0.4) is 0 Å². The number of hydrogen-bond acceptors (Lipinski definition) is 6. The summed E-state index contributed by atoms with van der Waals surface area (Å²) >= 11 is 9.03. The summed E-state index contributed by atoms with van der Waals surface area (Å²) in [5.74, 6) is 0.106. The van der Waals surface area contributed by atoms with Gasteiger partial charge in [0.2, 0.25) is 5.91 Å². The maximum absolute atomic E-state index is 13.1. The Balaban J connectivity index is 1.49. The van der Waals surface area contributed by atoms with E-state index in [-0.39, 0.29) is 23.3 Å². The van der Waals surface area contributed by atoms with Crippen LogP contribution in [0.4, 0.5) is 0 Å². The fourth-order valence-electron chi connectivity index (χ4n) is 3.40. The van der Waals surface area contributed by atoms with E-state index in [1.807, 2.05) is 11.4 Å². The molecule has 1 saturated heterocycles. The number of nitrogens with one attached hydrogen (secondary N) is 1. The molecular formula is C21H22ClN3O3S2. The van der Waals surface area contributed by atoms with Gasteiger partial charge in [-0.3, -0.25) is 14.2 Å². The van der Waals surface area contributed by atoms with Crippen molar-refractivity contribution in [2.45, 2.75) is 37.1 Å². The first-order valence-electron chi connectivity index (χ1n) is 9.84. The number of amides is 1. The van der Waals surface area contributed by atoms with Gasteiger partial charge in [0.25, 0.3) is 5.56 Å². The van der Waals surface area contributed by atoms with Crippen LogP contribution < -0.4 is 10.9 Å². The van der Waals surface area contributed by atoms with Crippen LogP contribution in [0.2, 0.25) is 5.02 Å². The number of carbonyl (C=O) groups excluding carboxylic acids is 1. The Morgan fingerprint density at radius 3 is 3.07 bits per heavy atom.